The quantitative estimate of drug-likeness (QED) is 0.935. The molecule has 0 atom stereocenters. The zero-order valence-corrected chi connectivity index (χ0v) is 13.0. The van der Waals surface area contributed by atoms with Crippen molar-refractivity contribution in [3.8, 4) is 0 Å². The molecule has 1 aliphatic heterocycles. The molecule has 1 aromatic heterocycles. The van der Waals surface area contributed by atoms with Crippen LogP contribution in [0.25, 0.3) is 10.8 Å². The lowest BCUT2D eigenvalue weighted by atomic mass is 10.1. The zero-order chi connectivity index (χ0) is 14.7. The predicted molar refractivity (Wildman–Crippen MR) is 88.8 cm³/mol. The van der Waals surface area contributed by atoms with Gasteiger partial charge in [-0.15, -0.1) is 0 Å². The maximum atomic E-state index is 4.93. The minimum absolute atomic E-state index is 0.811. The first-order valence-corrected chi connectivity index (χ1v) is 7.74. The third kappa shape index (κ3) is 3.17. The average molecular weight is 284 g/mol. The highest BCUT2D eigenvalue weighted by Gasteiger charge is 2.16. The number of pyridine rings is 1. The van der Waals surface area contributed by atoms with E-state index in [1.54, 1.807) is 0 Å². The van der Waals surface area contributed by atoms with Gasteiger partial charge in [-0.1, -0.05) is 24.3 Å². The molecule has 0 radical (unpaired) electrons. The molecule has 0 aliphatic carbocycles. The third-order valence-electron chi connectivity index (χ3n) is 4.15. The fourth-order valence-electron chi connectivity index (χ4n) is 3.01. The van der Waals surface area contributed by atoms with E-state index in [1.807, 2.05) is 7.05 Å². The fourth-order valence-corrected chi connectivity index (χ4v) is 3.01. The Hall–Kier alpha value is -1.65. The highest BCUT2D eigenvalue weighted by atomic mass is 15.2. The fraction of sp³-hybridized carbons (Fsp3) is 0.471. The summed E-state index contributed by atoms with van der Waals surface area (Å²) in [5.74, 6) is 1.15. The van der Waals surface area contributed by atoms with Gasteiger partial charge in [0.1, 0.15) is 5.82 Å². The molecule has 4 nitrogen and oxygen atoms in total. The zero-order valence-electron chi connectivity index (χ0n) is 13.0. The number of aromatic nitrogens is 1. The van der Waals surface area contributed by atoms with E-state index in [9.17, 15) is 0 Å². The molecule has 1 aliphatic rings. The number of rotatable bonds is 3. The van der Waals surface area contributed by atoms with Crippen LogP contribution in [-0.4, -0.2) is 50.2 Å². The van der Waals surface area contributed by atoms with Crippen LogP contribution in [0, 0.1) is 0 Å². The van der Waals surface area contributed by atoms with Crippen LogP contribution in [0.5, 0.6) is 0 Å². The van der Waals surface area contributed by atoms with Crippen LogP contribution < -0.4 is 10.2 Å². The number of anilines is 1. The SMILES string of the molecule is CNCc1cc2ccccc2c(N2CCCN(C)CC2)n1. The predicted octanol–water partition coefficient (Wildman–Crippen LogP) is 2.10. The van der Waals surface area contributed by atoms with Gasteiger partial charge in [0, 0.05) is 31.6 Å². The van der Waals surface area contributed by atoms with E-state index in [2.05, 4.69) is 52.5 Å². The normalized spacial score (nSPS) is 17.1. The highest BCUT2D eigenvalue weighted by molar-refractivity contribution is 5.92. The van der Waals surface area contributed by atoms with Gasteiger partial charge in [-0.25, -0.2) is 4.98 Å². The number of benzene rings is 1. The van der Waals surface area contributed by atoms with Crippen LogP contribution in [0.3, 0.4) is 0 Å². The Morgan fingerprint density at radius 3 is 2.86 bits per heavy atom. The van der Waals surface area contributed by atoms with Crippen molar-refractivity contribution in [2.75, 3.05) is 45.2 Å². The maximum Gasteiger partial charge on any atom is 0.136 e. The van der Waals surface area contributed by atoms with Crippen LogP contribution in [0.4, 0.5) is 5.82 Å². The summed E-state index contributed by atoms with van der Waals surface area (Å²) in [6.45, 7) is 5.23. The van der Waals surface area contributed by atoms with E-state index in [4.69, 9.17) is 4.98 Å². The van der Waals surface area contributed by atoms with Gasteiger partial charge in [0.15, 0.2) is 0 Å². The Kier molecular flexibility index (Phi) is 4.36. The second-order valence-corrected chi connectivity index (χ2v) is 5.83. The number of likely N-dealkylation sites (N-methyl/N-ethyl adjacent to an activating group) is 1. The van der Waals surface area contributed by atoms with Crippen LogP contribution in [0.2, 0.25) is 0 Å². The first-order chi connectivity index (χ1) is 10.3. The van der Waals surface area contributed by atoms with Crippen molar-refractivity contribution >= 4 is 16.6 Å². The van der Waals surface area contributed by atoms with Gasteiger partial charge >= 0.3 is 0 Å². The molecule has 2 heterocycles. The second kappa shape index (κ2) is 6.41. The summed E-state index contributed by atoms with van der Waals surface area (Å²) in [6, 6.07) is 10.8. The van der Waals surface area contributed by atoms with Gasteiger partial charge in [-0.05, 0) is 38.5 Å². The molecule has 1 N–H and O–H groups in total. The maximum absolute atomic E-state index is 4.93. The van der Waals surface area contributed by atoms with Crippen LogP contribution >= 0.6 is 0 Å². The van der Waals surface area contributed by atoms with Gasteiger partial charge in [0.25, 0.3) is 0 Å². The molecule has 1 saturated heterocycles. The van der Waals surface area contributed by atoms with Gasteiger partial charge in [-0.2, -0.15) is 0 Å². The molecular weight excluding hydrogens is 260 g/mol. The van der Waals surface area contributed by atoms with E-state index in [1.165, 1.54) is 23.7 Å². The molecule has 1 fully saturated rings. The molecular formula is C17H24N4. The Bertz CT molecular complexity index is 611. The molecule has 112 valence electrons. The van der Waals surface area contributed by atoms with Crippen LogP contribution in [0.15, 0.2) is 30.3 Å². The number of nitrogens with zero attached hydrogens (tertiary/aromatic N) is 3. The summed E-state index contributed by atoms with van der Waals surface area (Å²) < 4.78 is 0. The second-order valence-electron chi connectivity index (χ2n) is 5.83. The third-order valence-corrected chi connectivity index (χ3v) is 4.15. The number of fused-ring (bicyclic) bond motifs is 1. The molecule has 3 rings (SSSR count). The van der Waals surface area contributed by atoms with Crippen molar-refractivity contribution in [2.24, 2.45) is 0 Å². The van der Waals surface area contributed by atoms with E-state index in [0.29, 0.717) is 0 Å². The average Bonchev–Trinajstić information content (AvgIpc) is 2.71. The number of hydrogen-bond acceptors (Lipinski definition) is 4. The molecule has 2 aromatic rings. The molecule has 1 aromatic carbocycles. The molecule has 4 heteroatoms. The van der Waals surface area contributed by atoms with Crippen LogP contribution in [-0.2, 0) is 6.54 Å². The molecule has 0 saturated carbocycles. The Balaban J connectivity index is 2.02. The minimum Gasteiger partial charge on any atom is -0.355 e. The van der Waals surface area contributed by atoms with E-state index in [0.717, 1.165) is 37.7 Å². The van der Waals surface area contributed by atoms with Crippen molar-refractivity contribution in [3.05, 3.63) is 36.0 Å². The Morgan fingerprint density at radius 2 is 2.00 bits per heavy atom. The molecule has 0 bridgehead atoms. The lowest BCUT2D eigenvalue weighted by Crippen LogP contribution is -2.29. The van der Waals surface area contributed by atoms with Crippen molar-refractivity contribution in [3.63, 3.8) is 0 Å². The van der Waals surface area contributed by atoms with Gasteiger partial charge < -0.3 is 15.1 Å². The Labute approximate surface area is 126 Å². The summed E-state index contributed by atoms with van der Waals surface area (Å²) in [5.41, 5.74) is 1.11. The standard InChI is InChI=1S/C17H24N4/c1-18-13-15-12-14-6-3-4-7-16(14)17(19-15)21-9-5-8-20(2)10-11-21/h3-4,6-7,12,18H,5,8-11,13H2,1-2H3. The lowest BCUT2D eigenvalue weighted by molar-refractivity contribution is 0.360. The molecule has 0 amide bonds. The Morgan fingerprint density at radius 1 is 1.14 bits per heavy atom. The van der Waals surface area contributed by atoms with Crippen molar-refractivity contribution in [1.82, 2.24) is 15.2 Å². The lowest BCUT2D eigenvalue weighted by Gasteiger charge is -2.24. The smallest absolute Gasteiger partial charge is 0.136 e. The van der Waals surface area contributed by atoms with Gasteiger partial charge in [-0.3, -0.25) is 0 Å². The summed E-state index contributed by atoms with van der Waals surface area (Å²) >= 11 is 0. The van der Waals surface area contributed by atoms with Crippen LogP contribution in [0.1, 0.15) is 12.1 Å². The first kappa shape index (κ1) is 14.3. The minimum atomic E-state index is 0.811. The molecule has 0 unspecified atom stereocenters. The monoisotopic (exact) mass is 284 g/mol. The first-order valence-electron chi connectivity index (χ1n) is 7.74. The molecule has 0 spiro atoms. The number of hydrogen-bond donors (Lipinski definition) is 1. The van der Waals surface area contributed by atoms with E-state index in [-0.39, 0.29) is 0 Å². The largest absolute Gasteiger partial charge is 0.355 e. The summed E-state index contributed by atoms with van der Waals surface area (Å²) in [7, 11) is 4.17. The topological polar surface area (TPSA) is 31.4 Å². The van der Waals surface area contributed by atoms with Crippen molar-refractivity contribution in [2.45, 2.75) is 13.0 Å². The summed E-state index contributed by atoms with van der Waals surface area (Å²) in [6.07, 6.45) is 1.20. The molecule has 21 heavy (non-hydrogen) atoms. The summed E-state index contributed by atoms with van der Waals surface area (Å²) in [4.78, 5) is 9.78. The van der Waals surface area contributed by atoms with E-state index >= 15 is 0 Å². The van der Waals surface area contributed by atoms with Gasteiger partial charge in [0.2, 0.25) is 0 Å². The summed E-state index contributed by atoms with van der Waals surface area (Å²) in [5, 5.41) is 5.76. The number of nitrogens with one attached hydrogen (secondary N) is 1. The van der Waals surface area contributed by atoms with Crippen molar-refractivity contribution < 1.29 is 0 Å². The highest BCUT2D eigenvalue weighted by Crippen LogP contribution is 2.26. The van der Waals surface area contributed by atoms with Gasteiger partial charge in [0.05, 0.1) is 5.69 Å². The van der Waals surface area contributed by atoms with Crippen molar-refractivity contribution in [1.29, 1.82) is 0 Å². The van der Waals surface area contributed by atoms with E-state index < -0.39 is 0 Å².